The van der Waals surface area contributed by atoms with Crippen molar-refractivity contribution in [2.75, 3.05) is 6.54 Å². The molecular formula is C18H23N3O. The highest BCUT2D eigenvalue weighted by Gasteiger charge is 2.20. The monoisotopic (exact) mass is 297 g/mol. The first-order chi connectivity index (χ1) is 10.7. The Hall–Kier alpha value is -1.94. The van der Waals surface area contributed by atoms with Crippen LogP contribution in [-0.4, -0.2) is 21.4 Å². The lowest BCUT2D eigenvalue weighted by molar-refractivity contribution is 0.240. The highest BCUT2D eigenvalue weighted by atomic mass is 16.1. The number of hydrogen-bond donors (Lipinski definition) is 1. The van der Waals surface area contributed by atoms with Crippen molar-refractivity contribution in [1.29, 1.82) is 0 Å². The zero-order chi connectivity index (χ0) is 15.5. The topological polar surface area (TPSA) is 49.0 Å². The van der Waals surface area contributed by atoms with E-state index in [1.807, 2.05) is 0 Å². The summed E-state index contributed by atoms with van der Waals surface area (Å²) in [7, 11) is 0. The Bertz CT molecular complexity index is 721. The molecule has 2 heterocycles. The maximum Gasteiger partial charge on any atom is 0.254 e. The maximum atomic E-state index is 12.2. The van der Waals surface area contributed by atoms with Crippen molar-refractivity contribution in [2.24, 2.45) is 0 Å². The van der Waals surface area contributed by atoms with Gasteiger partial charge in [0.25, 0.3) is 5.56 Å². The average molecular weight is 297 g/mol. The zero-order valence-electron chi connectivity index (χ0n) is 13.4. The van der Waals surface area contributed by atoms with E-state index >= 15 is 0 Å². The first-order valence-electron chi connectivity index (χ1n) is 8.04. The molecule has 0 bridgehead atoms. The Labute approximate surface area is 131 Å². The van der Waals surface area contributed by atoms with Crippen LogP contribution in [0.3, 0.4) is 0 Å². The van der Waals surface area contributed by atoms with Gasteiger partial charge >= 0.3 is 0 Å². The van der Waals surface area contributed by atoms with Gasteiger partial charge in [-0.05, 0) is 25.3 Å². The fraction of sp³-hybridized carbons (Fsp3) is 0.444. The van der Waals surface area contributed by atoms with Gasteiger partial charge in [0.2, 0.25) is 0 Å². The van der Waals surface area contributed by atoms with Crippen molar-refractivity contribution in [3.63, 3.8) is 0 Å². The molecule has 22 heavy (non-hydrogen) atoms. The molecule has 2 aromatic rings. The number of H-pyrrole nitrogens is 1. The summed E-state index contributed by atoms with van der Waals surface area (Å²) in [6.45, 7) is 6.82. The van der Waals surface area contributed by atoms with Gasteiger partial charge in [0.15, 0.2) is 0 Å². The van der Waals surface area contributed by atoms with Gasteiger partial charge in [0, 0.05) is 31.6 Å². The molecule has 0 saturated carbocycles. The number of hydrogen-bond acceptors (Lipinski definition) is 3. The molecule has 0 atom stereocenters. The fourth-order valence-corrected chi connectivity index (χ4v) is 3.10. The quantitative estimate of drug-likeness (QED) is 0.943. The van der Waals surface area contributed by atoms with E-state index in [0.29, 0.717) is 0 Å². The highest BCUT2D eigenvalue weighted by Crippen LogP contribution is 2.17. The summed E-state index contributed by atoms with van der Waals surface area (Å²) < 4.78 is 0. The lowest BCUT2D eigenvalue weighted by Gasteiger charge is -2.27. The molecule has 0 aliphatic carbocycles. The van der Waals surface area contributed by atoms with Crippen LogP contribution in [0.4, 0.5) is 0 Å². The van der Waals surface area contributed by atoms with E-state index in [-0.39, 0.29) is 5.56 Å². The first kappa shape index (κ1) is 15.0. The molecule has 0 saturated heterocycles. The summed E-state index contributed by atoms with van der Waals surface area (Å²) in [4.78, 5) is 22.1. The Morgan fingerprint density at radius 3 is 3.00 bits per heavy atom. The minimum absolute atomic E-state index is 0.0589. The lowest BCUT2D eigenvalue weighted by atomic mass is 10.0. The van der Waals surface area contributed by atoms with Crippen molar-refractivity contribution < 1.29 is 0 Å². The first-order valence-corrected chi connectivity index (χ1v) is 8.04. The standard InChI is InChI=1S/C18H23N3O/c1-3-5-17-19-16-12-21(9-8-15(16)18(22)20-17)11-14-7-4-6-13(2)10-14/h4,6-7,10H,3,5,8-9,11-12H2,1-2H3,(H,19,20,22). The third kappa shape index (κ3) is 3.28. The molecule has 1 aliphatic rings. The Kier molecular flexibility index (Phi) is 4.39. The number of fused-ring (bicyclic) bond motifs is 1. The fourth-order valence-electron chi connectivity index (χ4n) is 3.10. The van der Waals surface area contributed by atoms with E-state index in [4.69, 9.17) is 0 Å². The van der Waals surface area contributed by atoms with Crippen molar-refractivity contribution in [1.82, 2.24) is 14.9 Å². The van der Waals surface area contributed by atoms with E-state index in [1.165, 1.54) is 11.1 Å². The molecule has 0 spiro atoms. The Morgan fingerprint density at radius 2 is 2.23 bits per heavy atom. The molecule has 0 unspecified atom stereocenters. The van der Waals surface area contributed by atoms with Crippen LogP contribution in [0.15, 0.2) is 29.1 Å². The molecule has 1 aromatic carbocycles. The van der Waals surface area contributed by atoms with Gasteiger partial charge in [0.1, 0.15) is 5.82 Å². The van der Waals surface area contributed by atoms with Crippen LogP contribution in [-0.2, 0) is 25.9 Å². The molecule has 1 N–H and O–H groups in total. The third-order valence-corrected chi connectivity index (χ3v) is 4.18. The predicted molar refractivity (Wildman–Crippen MR) is 87.8 cm³/mol. The predicted octanol–water partition coefficient (Wildman–Crippen LogP) is 2.59. The number of aromatic amines is 1. The Balaban J connectivity index is 1.79. The largest absolute Gasteiger partial charge is 0.310 e. The third-order valence-electron chi connectivity index (χ3n) is 4.18. The highest BCUT2D eigenvalue weighted by molar-refractivity contribution is 5.24. The molecular weight excluding hydrogens is 274 g/mol. The molecule has 1 aliphatic heterocycles. The SMILES string of the molecule is CCCc1nc2c(c(=O)[nH]1)CCN(Cc1cccc(C)c1)C2. The summed E-state index contributed by atoms with van der Waals surface area (Å²) in [6, 6.07) is 8.61. The van der Waals surface area contributed by atoms with E-state index in [2.05, 4.69) is 53.0 Å². The van der Waals surface area contributed by atoms with Crippen LogP contribution in [0.25, 0.3) is 0 Å². The number of nitrogens with zero attached hydrogens (tertiary/aromatic N) is 2. The van der Waals surface area contributed by atoms with Gasteiger partial charge in [0.05, 0.1) is 5.69 Å². The second-order valence-corrected chi connectivity index (χ2v) is 6.14. The van der Waals surface area contributed by atoms with Gasteiger partial charge in [-0.15, -0.1) is 0 Å². The summed E-state index contributed by atoms with van der Waals surface area (Å²) in [5.74, 6) is 0.823. The van der Waals surface area contributed by atoms with Gasteiger partial charge in [-0.1, -0.05) is 36.8 Å². The molecule has 116 valence electrons. The molecule has 0 radical (unpaired) electrons. The van der Waals surface area contributed by atoms with Crippen molar-refractivity contribution in [3.05, 3.63) is 62.8 Å². The molecule has 4 nitrogen and oxygen atoms in total. The summed E-state index contributed by atoms with van der Waals surface area (Å²) in [6.07, 6.45) is 2.62. The molecule has 0 fully saturated rings. The summed E-state index contributed by atoms with van der Waals surface area (Å²) in [5.41, 5.74) is 4.51. The molecule has 1 aromatic heterocycles. The number of rotatable bonds is 4. The summed E-state index contributed by atoms with van der Waals surface area (Å²) >= 11 is 0. The molecule has 0 amide bonds. The van der Waals surface area contributed by atoms with E-state index in [9.17, 15) is 4.79 Å². The average Bonchev–Trinajstić information content (AvgIpc) is 2.47. The minimum atomic E-state index is 0.0589. The maximum absolute atomic E-state index is 12.2. The zero-order valence-corrected chi connectivity index (χ0v) is 13.4. The van der Waals surface area contributed by atoms with Crippen LogP contribution in [0.2, 0.25) is 0 Å². The van der Waals surface area contributed by atoms with Crippen LogP contribution in [0.5, 0.6) is 0 Å². The van der Waals surface area contributed by atoms with E-state index < -0.39 is 0 Å². The summed E-state index contributed by atoms with van der Waals surface area (Å²) in [5, 5.41) is 0. The van der Waals surface area contributed by atoms with Crippen molar-refractivity contribution in [2.45, 2.75) is 46.2 Å². The molecule has 4 heteroatoms. The minimum Gasteiger partial charge on any atom is -0.310 e. The van der Waals surface area contributed by atoms with E-state index in [1.54, 1.807) is 0 Å². The van der Waals surface area contributed by atoms with Gasteiger partial charge in [-0.25, -0.2) is 4.98 Å². The van der Waals surface area contributed by atoms with Crippen LogP contribution in [0, 0.1) is 6.92 Å². The lowest BCUT2D eigenvalue weighted by Crippen LogP contribution is -2.35. The van der Waals surface area contributed by atoms with Crippen LogP contribution >= 0.6 is 0 Å². The van der Waals surface area contributed by atoms with Crippen LogP contribution in [0.1, 0.15) is 41.6 Å². The van der Waals surface area contributed by atoms with Gasteiger partial charge in [-0.3, -0.25) is 9.69 Å². The number of benzene rings is 1. The Morgan fingerprint density at radius 1 is 1.36 bits per heavy atom. The van der Waals surface area contributed by atoms with E-state index in [0.717, 1.165) is 56.0 Å². The smallest absolute Gasteiger partial charge is 0.254 e. The number of aryl methyl sites for hydroxylation is 2. The van der Waals surface area contributed by atoms with Gasteiger partial charge in [-0.2, -0.15) is 0 Å². The second kappa shape index (κ2) is 6.44. The molecule has 3 rings (SSSR count). The van der Waals surface area contributed by atoms with Crippen molar-refractivity contribution in [3.8, 4) is 0 Å². The van der Waals surface area contributed by atoms with Crippen LogP contribution < -0.4 is 5.56 Å². The van der Waals surface area contributed by atoms with Gasteiger partial charge < -0.3 is 4.98 Å². The number of aromatic nitrogens is 2. The normalized spacial score (nSPS) is 14.8. The number of nitrogens with one attached hydrogen (secondary N) is 1. The second-order valence-electron chi connectivity index (χ2n) is 6.14. The van der Waals surface area contributed by atoms with Crippen molar-refractivity contribution >= 4 is 0 Å².